The highest BCUT2D eigenvalue weighted by atomic mass is 16.2. The summed E-state index contributed by atoms with van der Waals surface area (Å²) < 4.78 is 0. The fourth-order valence-corrected chi connectivity index (χ4v) is 2.21. The van der Waals surface area contributed by atoms with Crippen molar-refractivity contribution in [2.75, 3.05) is 38.1 Å². The number of hydrogen-bond acceptors (Lipinski definition) is 3. The van der Waals surface area contributed by atoms with Gasteiger partial charge in [-0.1, -0.05) is 19.1 Å². The summed E-state index contributed by atoms with van der Waals surface area (Å²) in [7, 11) is 1.86. The van der Waals surface area contributed by atoms with Crippen molar-refractivity contribution >= 4 is 11.6 Å². The highest BCUT2D eigenvalue weighted by Crippen LogP contribution is 2.17. The van der Waals surface area contributed by atoms with Gasteiger partial charge < -0.3 is 15.1 Å². The summed E-state index contributed by atoms with van der Waals surface area (Å²) in [6.45, 7) is 6.34. The fraction of sp³-hybridized carbons (Fsp3) is 0.533. The van der Waals surface area contributed by atoms with Crippen molar-refractivity contribution in [3.8, 4) is 0 Å². The van der Waals surface area contributed by atoms with Crippen molar-refractivity contribution < 1.29 is 4.79 Å². The Kier molecular flexibility index (Phi) is 4.80. The van der Waals surface area contributed by atoms with Crippen LogP contribution in [-0.2, 0) is 11.3 Å². The Bertz CT molecular complexity index is 416. The van der Waals surface area contributed by atoms with Gasteiger partial charge in [-0.15, -0.1) is 0 Å². The number of carbonyl (C=O) groups is 1. The van der Waals surface area contributed by atoms with E-state index in [2.05, 4.69) is 41.4 Å². The van der Waals surface area contributed by atoms with Crippen molar-refractivity contribution in [3.63, 3.8) is 0 Å². The van der Waals surface area contributed by atoms with E-state index in [1.54, 1.807) is 4.90 Å². The van der Waals surface area contributed by atoms with Gasteiger partial charge in [-0.2, -0.15) is 0 Å². The molecule has 1 aromatic carbocycles. The topological polar surface area (TPSA) is 35.6 Å². The predicted octanol–water partition coefficient (Wildman–Crippen LogP) is 1.46. The maximum absolute atomic E-state index is 11.7. The Hall–Kier alpha value is -1.55. The van der Waals surface area contributed by atoms with Crippen molar-refractivity contribution in [2.24, 2.45) is 0 Å². The molecule has 1 amide bonds. The Labute approximate surface area is 115 Å². The molecule has 0 spiro atoms. The molecular formula is C15H23N3O. The largest absolute Gasteiger partial charge is 0.360 e. The average molecular weight is 261 g/mol. The first-order valence-electron chi connectivity index (χ1n) is 6.99. The van der Waals surface area contributed by atoms with Crippen LogP contribution in [0.2, 0.25) is 0 Å². The minimum atomic E-state index is 0.194. The molecule has 0 saturated carbocycles. The van der Waals surface area contributed by atoms with Gasteiger partial charge in [0.05, 0.1) is 6.54 Å². The normalized spacial score (nSPS) is 16.0. The van der Waals surface area contributed by atoms with E-state index >= 15 is 0 Å². The number of nitrogens with zero attached hydrogens (tertiary/aromatic N) is 2. The Balaban J connectivity index is 1.93. The predicted molar refractivity (Wildman–Crippen MR) is 78.3 cm³/mol. The van der Waals surface area contributed by atoms with Crippen LogP contribution in [-0.4, -0.2) is 44.0 Å². The van der Waals surface area contributed by atoms with E-state index < -0.39 is 0 Å². The standard InChI is InChI=1S/C15H23N3O/c1-3-8-16-11-13-4-6-14(7-5-13)18-10-9-17(2)15(19)12-18/h4-7,16H,3,8-12H2,1-2H3. The van der Waals surface area contributed by atoms with Gasteiger partial charge in [-0.25, -0.2) is 0 Å². The molecule has 0 bridgehead atoms. The first-order valence-corrected chi connectivity index (χ1v) is 6.99. The molecule has 1 saturated heterocycles. The van der Waals surface area contributed by atoms with E-state index in [0.29, 0.717) is 6.54 Å². The fourth-order valence-electron chi connectivity index (χ4n) is 2.21. The van der Waals surface area contributed by atoms with E-state index in [4.69, 9.17) is 0 Å². The zero-order chi connectivity index (χ0) is 13.7. The van der Waals surface area contributed by atoms with Crippen LogP contribution in [0.15, 0.2) is 24.3 Å². The van der Waals surface area contributed by atoms with Crippen molar-refractivity contribution in [2.45, 2.75) is 19.9 Å². The number of hydrogen-bond donors (Lipinski definition) is 1. The van der Waals surface area contributed by atoms with Crippen LogP contribution in [0.25, 0.3) is 0 Å². The molecule has 1 N–H and O–H groups in total. The smallest absolute Gasteiger partial charge is 0.241 e. The summed E-state index contributed by atoms with van der Waals surface area (Å²) in [6, 6.07) is 8.50. The molecule has 1 aliphatic rings. The molecular weight excluding hydrogens is 238 g/mol. The van der Waals surface area contributed by atoms with Gasteiger partial charge in [-0.3, -0.25) is 4.79 Å². The maximum atomic E-state index is 11.7. The molecule has 104 valence electrons. The number of nitrogens with one attached hydrogen (secondary N) is 1. The number of piperazine rings is 1. The summed E-state index contributed by atoms with van der Waals surface area (Å²) in [4.78, 5) is 15.6. The van der Waals surface area contributed by atoms with Crippen LogP contribution in [0.5, 0.6) is 0 Å². The second-order valence-corrected chi connectivity index (χ2v) is 5.08. The van der Waals surface area contributed by atoms with Crippen molar-refractivity contribution in [1.82, 2.24) is 10.2 Å². The maximum Gasteiger partial charge on any atom is 0.241 e. The second-order valence-electron chi connectivity index (χ2n) is 5.08. The van der Waals surface area contributed by atoms with Gasteiger partial charge in [-0.05, 0) is 30.7 Å². The molecule has 2 rings (SSSR count). The average Bonchev–Trinajstić information content (AvgIpc) is 2.43. The van der Waals surface area contributed by atoms with E-state index in [1.807, 2.05) is 7.05 Å². The number of rotatable bonds is 5. The first-order chi connectivity index (χ1) is 9.20. The van der Waals surface area contributed by atoms with Crippen molar-refractivity contribution in [1.29, 1.82) is 0 Å². The highest BCUT2D eigenvalue weighted by molar-refractivity contribution is 5.82. The number of carbonyl (C=O) groups excluding carboxylic acids is 1. The molecule has 0 atom stereocenters. The van der Waals surface area contributed by atoms with Gasteiger partial charge in [0, 0.05) is 32.4 Å². The molecule has 4 nitrogen and oxygen atoms in total. The highest BCUT2D eigenvalue weighted by Gasteiger charge is 2.20. The van der Waals surface area contributed by atoms with Gasteiger partial charge >= 0.3 is 0 Å². The lowest BCUT2D eigenvalue weighted by Crippen LogP contribution is -2.48. The summed E-state index contributed by atoms with van der Waals surface area (Å²) in [6.07, 6.45) is 1.15. The molecule has 1 aromatic rings. The van der Waals surface area contributed by atoms with E-state index in [9.17, 15) is 4.79 Å². The lowest BCUT2D eigenvalue weighted by atomic mass is 10.1. The summed E-state index contributed by atoms with van der Waals surface area (Å²) >= 11 is 0. The third-order valence-corrected chi connectivity index (χ3v) is 3.51. The number of benzene rings is 1. The molecule has 1 aliphatic heterocycles. The molecule has 1 fully saturated rings. The minimum absolute atomic E-state index is 0.194. The molecule has 0 unspecified atom stereocenters. The zero-order valence-corrected chi connectivity index (χ0v) is 11.9. The van der Waals surface area contributed by atoms with Crippen molar-refractivity contribution in [3.05, 3.63) is 29.8 Å². The van der Waals surface area contributed by atoms with Gasteiger partial charge in [0.15, 0.2) is 0 Å². The lowest BCUT2D eigenvalue weighted by Gasteiger charge is -2.33. The van der Waals surface area contributed by atoms with Crippen LogP contribution in [0.1, 0.15) is 18.9 Å². The van der Waals surface area contributed by atoms with Crippen LogP contribution in [0.4, 0.5) is 5.69 Å². The quantitative estimate of drug-likeness (QED) is 0.815. The number of amides is 1. The minimum Gasteiger partial charge on any atom is -0.360 e. The molecule has 4 heteroatoms. The molecule has 0 aromatic heterocycles. The van der Waals surface area contributed by atoms with Crippen LogP contribution < -0.4 is 10.2 Å². The van der Waals surface area contributed by atoms with Gasteiger partial charge in [0.2, 0.25) is 5.91 Å². The first kappa shape index (κ1) is 13.9. The molecule has 0 aliphatic carbocycles. The van der Waals surface area contributed by atoms with E-state index in [1.165, 1.54) is 5.56 Å². The van der Waals surface area contributed by atoms with E-state index in [0.717, 1.165) is 38.3 Å². The zero-order valence-electron chi connectivity index (χ0n) is 11.9. The molecule has 0 radical (unpaired) electrons. The Morgan fingerprint density at radius 2 is 1.95 bits per heavy atom. The SMILES string of the molecule is CCCNCc1ccc(N2CCN(C)C(=O)C2)cc1. The third-order valence-electron chi connectivity index (χ3n) is 3.51. The molecule has 19 heavy (non-hydrogen) atoms. The monoisotopic (exact) mass is 261 g/mol. The Morgan fingerprint density at radius 1 is 1.21 bits per heavy atom. The van der Waals surface area contributed by atoms with Gasteiger partial charge in [0.1, 0.15) is 0 Å². The number of likely N-dealkylation sites (N-methyl/N-ethyl adjacent to an activating group) is 1. The lowest BCUT2D eigenvalue weighted by molar-refractivity contribution is -0.129. The van der Waals surface area contributed by atoms with Crippen LogP contribution in [0, 0.1) is 0 Å². The summed E-state index contributed by atoms with van der Waals surface area (Å²) in [5, 5.41) is 3.39. The summed E-state index contributed by atoms with van der Waals surface area (Å²) in [5.74, 6) is 0.194. The number of anilines is 1. The van der Waals surface area contributed by atoms with Gasteiger partial charge in [0.25, 0.3) is 0 Å². The van der Waals surface area contributed by atoms with Crippen LogP contribution in [0.3, 0.4) is 0 Å². The third kappa shape index (κ3) is 3.70. The van der Waals surface area contributed by atoms with E-state index in [-0.39, 0.29) is 5.91 Å². The molecule has 1 heterocycles. The summed E-state index contributed by atoms with van der Waals surface area (Å²) in [5.41, 5.74) is 2.43. The second kappa shape index (κ2) is 6.57. The van der Waals surface area contributed by atoms with Crippen LogP contribution >= 0.6 is 0 Å². The Morgan fingerprint density at radius 3 is 2.58 bits per heavy atom.